The Labute approximate surface area is 89.1 Å². The molecule has 1 aromatic rings. The van der Waals surface area contributed by atoms with E-state index >= 15 is 0 Å². The molecule has 1 aromatic carbocycles. The molecule has 0 fully saturated rings. The van der Waals surface area contributed by atoms with Crippen LogP contribution in [0.15, 0.2) is 35.6 Å². The summed E-state index contributed by atoms with van der Waals surface area (Å²) in [5.41, 5.74) is 0.660. The molecular formula is C11H13N3O. The SMILES string of the molecule is CCCC(C#N)N(N=O)c1ccccc1. The summed E-state index contributed by atoms with van der Waals surface area (Å²) < 4.78 is 0. The van der Waals surface area contributed by atoms with Crippen molar-refractivity contribution in [2.24, 2.45) is 5.29 Å². The van der Waals surface area contributed by atoms with Gasteiger partial charge in [0.1, 0.15) is 6.04 Å². The van der Waals surface area contributed by atoms with Crippen molar-refractivity contribution in [2.75, 3.05) is 5.01 Å². The van der Waals surface area contributed by atoms with Gasteiger partial charge in [0.05, 0.1) is 17.0 Å². The molecule has 4 heteroatoms. The Morgan fingerprint density at radius 3 is 2.60 bits per heavy atom. The van der Waals surface area contributed by atoms with E-state index in [1.807, 2.05) is 25.1 Å². The summed E-state index contributed by atoms with van der Waals surface area (Å²) >= 11 is 0. The average molecular weight is 203 g/mol. The molecule has 0 aliphatic carbocycles. The van der Waals surface area contributed by atoms with Crippen LogP contribution in [0.3, 0.4) is 0 Å². The summed E-state index contributed by atoms with van der Waals surface area (Å²) in [4.78, 5) is 10.7. The Bertz CT molecular complexity index is 345. The van der Waals surface area contributed by atoms with Gasteiger partial charge in [-0.1, -0.05) is 31.5 Å². The summed E-state index contributed by atoms with van der Waals surface area (Å²) in [5, 5.41) is 13.1. The molecule has 0 heterocycles. The van der Waals surface area contributed by atoms with Crippen LogP contribution in [0.2, 0.25) is 0 Å². The Morgan fingerprint density at radius 1 is 1.47 bits per heavy atom. The molecule has 78 valence electrons. The first-order valence-corrected chi connectivity index (χ1v) is 4.90. The fraction of sp³-hybridized carbons (Fsp3) is 0.364. The molecule has 1 rings (SSSR count). The largest absolute Gasteiger partial charge is 0.212 e. The lowest BCUT2D eigenvalue weighted by atomic mass is 10.1. The van der Waals surface area contributed by atoms with Crippen molar-refractivity contribution in [3.8, 4) is 6.07 Å². The fourth-order valence-electron chi connectivity index (χ4n) is 1.38. The first kappa shape index (κ1) is 11.2. The second-order valence-electron chi connectivity index (χ2n) is 3.20. The predicted octanol–water partition coefficient (Wildman–Crippen LogP) is 2.87. The summed E-state index contributed by atoms with van der Waals surface area (Å²) in [7, 11) is 0. The summed E-state index contributed by atoms with van der Waals surface area (Å²) in [5.74, 6) is 0. The minimum Gasteiger partial charge on any atom is -0.212 e. The molecule has 0 aliphatic heterocycles. The molecule has 0 aromatic heterocycles. The van der Waals surface area contributed by atoms with Crippen LogP contribution in [-0.4, -0.2) is 6.04 Å². The van der Waals surface area contributed by atoms with Crippen molar-refractivity contribution in [3.63, 3.8) is 0 Å². The molecule has 4 nitrogen and oxygen atoms in total. The first-order valence-electron chi connectivity index (χ1n) is 4.90. The number of anilines is 1. The highest BCUT2D eigenvalue weighted by atomic mass is 16.3. The van der Waals surface area contributed by atoms with E-state index in [2.05, 4.69) is 11.4 Å². The van der Waals surface area contributed by atoms with Crippen LogP contribution in [0.4, 0.5) is 5.69 Å². The number of nitroso groups, excluding NO2 is 1. The molecule has 15 heavy (non-hydrogen) atoms. The lowest BCUT2D eigenvalue weighted by Crippen LogP contribution is -2.28. The number of para-hydroxylation sites is 1. The molecule has 0 amide bonds. The zero-order valence-electron chi connectivity index (χ0n) is 8.63. The molecule has 0 radical (unpaired) electrons. The third kappa shape index (κ3) is 2.78. The molecule has 1 atom stereocenters. The van der Waals surface area contributed by atoms with Gasteiger partial charge in [-0.05, 0) is 18.6 Å². The highest BCUT2D eigenvalue weighted by Crippen LogP contribution is 2.18. The Kier molecular flexibility index (Phi) is 4.30. The van der Waals surface area contributed by atoms with Gasteiger partial charge >= 0.3 is 0 Å². The van der Waals surface area contributed by atoms with Crippen molar-refractivity contribution in [1.82, 2.24) is 0 Å². The normalized spacial score (nSPS) is 11.5. The Hall–Kier alpha value is -1.89. The quantitative estimate of drug-likeness (QED) is 0.546. The third-order valence-electron chi connectivity index (χ3n) is 2.12. The van der Waals surface area contributed by atoms with Gasteiger partial charge in [0.15, 0.2) is 0 Å². The van der Waals surface area contributed by atoms with Crippen LogP contribution < -0.4 is 5.01 Å². The second kappa shape index (κ2) is 5.76. The topological polar surface area (TPSA) is 56.5 Å². The zero-order valence-corrected chi connectivity index (χ0v) is 8.63. The minimum absolute atomic E-state index is 0.477. The molecule has 0 aliphatic rings. The summed E-state index contributed by atoms with van der Waals surface area (Å²) in [6.07, 6.45) is 1.48. The summed E-state index contributed by atoms with van der Waals surface area (Å²) in [6.45, 7) is 1.97. The Balaban J connectivity index is 2.88. The van der Waals surface area contributed by atoms with Gasteiger partial charge in [0.25, 0.3) is 0 Å². The highest BCUT2D eigenvalue weighted by molar-refractivity contribution is 5.47. The molecular weight excluding hydrogens is 190 g/mol. The van der Waals surface area contributed by atoms with Gasteiger partial charge in [-0.3, -0.25) is 0 Å². The molecule has 0 saturated heterocycles. The number of hydrogen-bond acceptors (Lipinski definition) is 3. The van der Waals surface area contributed by atoms with Crippen LogP contribution in [0, 0.1) is 16.2 Å². The zero-order chi connectivity index (χ0) is 11.1. The predicted molar refractivity (Wildman–Crippen MR) is 59.0 cm³/mol. The van der Waals surface area contributed by atoms with Crippen LogP contribution in [0.1, 0.15) is 19.8 Å². The van der Waals surface area contributed by atoms with E-state index in [1.165, 1.54) is 5.01 Å². The summed E-state index contributed by atoms with van der Waals surface area (Å²) in [6, 6.07) is 10.6. The smallest absolute Gasteiger partial charge is 0.142 e. The van der Waals surface area contributed by atoms with Crippen LogP contribution in [-0.2, 0) is 0 Å². The van der Waals surface area contributed by atoms with E-state index in [0.29, 0.717) is 12.1 Å². The number of nitriles is 1. The van der Waals surface area contributed by atoms with Crippen molar-refractivity contribution in [1.29, 1.82) is 5.26 Å². The number of benzene rings is 1. The lowest BCUT2D eigenvalue weighted by molar-refractivity contribution is 0.647. The third-order valence-corrected chi connectivity index (χ3v) is 2.12. The molecule has 0 spiro atoms. The van der Waals surface area contributed by atoms with Crippen LogP contribution in [0.25, 0.3) is 0 Å². The minimum atomic E-state index is -0.477. The van der Waals surface area contributed by atoms with E-state index in [1.54, 1.807) is 12.1 Å². The van der Waals surface area contributed by atoms with E-state index < -0.39 is 6.04 Å². The molecule has 0 bridgehead atoms. The maximum absolute atomic E-state index is 10.7. The molecule has 0 saturated carbocycles. The first-order chi connectivity index (χ1) is 7.33. The van der Waals surface area contributed by atoms with Crippen molar-refractivity contribution >= 4 is 5.69 Å². The molecule has 1 unspecified atom stereocenters. The van der Waals surface area contributed by atoms with Crippen molar-refractivity contribution in [2.45, 2.75) is 25.8 Å². The monoisotopic (exact) mass is 203 g/mol. The highest BCUT2D eigenvalue weighted by Gasteiger charge is 2.18. The maximum Gasteiger partial charge on any atom is 0.142 e. The number of rotatable bonds is 5. The van der Waals surface area contributed by atoms with Gasteiger partial charge in [-0.15, -0.1) is 4.91 Å². The van der Waals surface area contributed by atoms with E-state index in [9.17, 15) is 4.91 Å². The van der Waals surface area contributed by atoms with Gasteiger partial charge in [-0.25, -0.2) is 5.01 Å². The van der Waals surface area contributed by atoms with E-state index in [4.69, 9.17) is 5.26 Å². The fourth-order valence-corrected chi connectivity index (χ4v) is 1.38. The van der Waals surface area contributed by atoms with Crippen LogP contribution in [0.5, 0.6) is 0 Å². The standard InChI is InChI=1S/C11H13N3O/c1-2-6-11(9-12)14(13-15)10-7-4-3-5-8-10/h3-5,7-8,11H,2,6H2,1H3. The Morgan fingerprint density at radius 2 is 2.13 bits per heavy atom. The average Bonchev–Trinajstić information content (AvgIpc) is 2.30. The lowest BCUT2D eigenvalue weighted by Gasteiger charge is -2.19. The van der Waals surface area contributed by atoms with Crippen molar-refractivity contribution < 1.29 is 0 Å². The van der Waals surface area contributed by atoms with E-state index in [-0.39, 0.29) is 0 Å². The van der Waals surface area contributed by atoms with Crippen molar-refractivity contribution in [3.05, 3.63) is 35.2 Å². The number of hydrogen-bond donors (Lipinski definition) is 0. The van der Waals surface area contributed by atoms with Crippen LogP contribution >= 0.6 is 0 Å². The maximum atomic E-state index is 10.7. The molecule has 0 N–H and O–H groups in total. The van der Waals surface area contributed by atoms with Gasteiger partial charge in [-0.2, -0.15) is 5.26 Å². The second-order valence-corrected chi connectivity index (χ2v) is 3.20. The van der Waals surface area contributed by atoms with E-state index in [0.717, 1.165) is 6.42 Å². The number of nitrogens with zero attached hydrogens (tertiary/aromatic N) is 3. The van der Waals surface area contributed by atoms with Gasteiger partial charge in [0, 0.05) is 0 Å². The van der Waals surface area contributed by atoms with Gasteiger partial charge in [0.2, 0.25) is 0 Å². The van der Waals surface area contributed by atoms with Gasteiger partial charge < -0.3 is 0 Å².